The number of aryl methyl sites for hydroxylation is 1. The lowest BCUT2D eigenvalue weighted by Gasteiger charge is -2.18. The molecule has 2 aliphatic rings. The van der Waals surface area contributed by atoms with Crippen LogP contribution in [0.1, 0.15) is 31.7 Å². The first-order valence-electron chi connectivity index (χ1n) is 6.96. The highest BCUT2D eigenvalue weighted by Gasteiger charge is 2.36. The number of hydrogen-bond acceptors (Lipinski definition) is 4. The predicted molar refractivity (Wildman–Crippen MR) is 75.9 cm³/mol. The highest BCUT2D eigenvalue weighted by molar-refractivity contribution is 5.95. The van der Waals surface area contributed by atoms with E-state index in [0.717, 1.165) is 18.4 Å². The monoisotopic (exact) mass is 275 g/mol. The highest BCUT2D eigenvalue weighted by Crippen LogP contribution is 2.40. The molecule has 1 aromatic rings. The Morgan fingerprint density at radius 1 is 1.45 bits per heavy atom. The predicted octanol–water partition coefficient (Wildman–Crippen LogP) is 2.69. The second-order valence-electron chi connectivity index (χ2n) is 5.49. The number of carbonyl (C=O) groups excluding carboxylic acids is 1. The summed E-state index contributed by atoms with van der Waals surface area (Å²) in [5, 5.41) is 17.2. The van der Waals surface area contributed by atoms with Crippen LogP contribution in [0.3, 0.4) is 0 Å². The number of benzene rings is 1. The number of nitrogens with one attached hydrogen (secondary N) is 2. The highest BCUT2D eigenvalue weighted by atomic mass is 16.6. The first-order chi connectivity index (χ1) is 9.58. The van der Waals surface area contributed by atoms with E-state index in [1.807, 2.05) is 6.07 Å². The Kier molecular flexibility index (Phi) is 3.08. The van der Waals surface area contributed by atoms with Crippen LogP contribution in [0.5, 0.6) is 0 Å². The Bertz CT molecular complexity index is 585. The van der Waals surface area contributed by atoms with Gasteiger partial charge in [0.15, 0.2) is 0 Å². The summed E-state index contributed by atoms with van der Waals surface area (Å²) in [5.41, 5.74) is 2.14. The molecule has 0 spiro atoms. The number of rotatable bonds is 4. The molecule has 106 valence electrons. The SMILES string of the molecule is CCC1CC1Nc1cc2c(cc1[N+](=O)[O-])NC(=O)CC2. The van der Waals surface area contributed by atoms with E-state index in [-0.39, 0.29) is 11.6 Å². The van der Waals surface area contributed by atoms with Crippen LogP contribution in [0, 0.1) is 16.0 Å². The number of anilines is 2. The van der Waals surface area contributed by atoms with Crippen molar-refractivity contribution in [3.05, 3.63) is 27.8 Å². The molecule has 0 radical (unpaired) electrons. The van der Waals surface area contributed by atoms with Gasteiger partial charge in [0, 0.05) is 18.5 Å². The van der Waals surface area contributed by atoms with Gasteiger partial charge in [-0.05, 0) is 30.4 Å². The van der Waals surface area contributed by atoms with Gasteiger partial charge in [0.25, 0.3) is 5.69 Å². The zero-order chi connectivity index (χ0) is 14.3. The molecule has 6 heteroatoms. The van der Waals surface area contributed by atoms with Crippen LogP contribution in [0.2, 0.25) is 0 Å². The van der Waals surface area contributed by atoms with E-state index in [1.165, 1.54) is 6.07 Å². The zero-order valence-electron chi connectivity index (χ0n) is 11.3. The van der Waals surface area contributed by atoms with Gasteiger partial charge in [-0.3, -0.25) is 14.9 Å². The van der Waals surface area contributed by atoms with E-state index in [2.05, 4.69) is 17.6 Å². The van der Waals surface area contributed by atoms with E-state index in [9.17, 15) is 14.9 Å². The quantitative estimate of drug-likeness (QED) is 0.653. The number of nitro groups is 1. The van der Waals surface area contributed by atoms with Crippen LogP contribution in [-0.2, 0) is 11.2 Å². The normalized spacial score (nSPS) is 23.8. The van der Waals surface area contributed by atoms with Crippen molar-refractivity contribution in [3.8, 4) is 0 Å². The van der Waals surface area contributed by atoms with E-state index < -0.39 is 4.92 Å². The summed E-state index contributed by atoms with van der Waals surface area (Å²) in [6.07, 6.45) is 3.23. The molecular weight excluding hydrogens is 258 g/mol. The molecule has 0 saturated heterocycles. The lowest BCUT2D eigenvalue weighted by Crippen LogP contribution is -2.19. The molecule has 1 aliphatic carbocycles. The van der Waals surface area contributed by atoms with Crippen LogP contribution < -0.4 is 10.6 Å². The first kappa shape index (κ1) is 12.9. The molecule has 20 heavy (non-hydrogen) atoms. The summed E-state index contributed by atoms with van der Waals surface area (Å²) in [6, 6.07) is 3.63. The Morgan fingerprint density at radius 2 is 2.25 bits per heavy atom. The molecule has 2 unspecified atom stereocenters. The number of carbonyl (C=O) groups is 1. The molecule has 1 aromatic carbocycles. The largest absolute Gasteiger partial charge is 0.376 e. The van der Waals surface area contributed by atoms with Crippen molar-refractivity contribution in [2.75, 3.05) is 10.6 Å². The summed E-state index contributed by atoms with van der Waals surface area (Å²) in [6.45, 7) is 2.13. The molecule has 1 fully saturated rings. The minimum absolute atomic E-state index is 0.0349. The van der Waals surface area contributed by atoms with Gasteiger partial charge in [0.1, 0.15) is 5.69 Å². The van der Waals surface area contributed by atoms with E-state index in [4.69, 9.17) is 0 Å². The van der Waals surface area contributed by atoms with Gasteiger partial charge in [0.2, 0.25) is 5.91 Å². The molecule has 6 nitrogen and oxygen atoms in total. The molecule has 3 rings (SSSR count). The van der Waals surface area contributed by atoms with Gasteiger partial charge in [-0.25, -0.2) is 0 Å². The minimum atomic E-state index is -0.396. The summed E-state index contributed by atoms with van der Waals surface area (Å²) >= 11 is 0. The fourth-order valence-electron chi connectivity index (χ4n) is 2.76. The summed E-state index contributed by atoms with van der Waals surface area (Å²) in [4.78, 5) is 22.2. The van der Waals surface area contributed by atoms with Crippen molar-refractivity contribution in [1.82, 2.24) is 0 Å². The van der Waals surface area contributed by atoms with Crippen LogP contribution >= 0.6 is 0 Å². The Morgan fingerprint density at radius 3 is 2.90 bits per heavy atom. The van der Waals surface area contributed by atoms with Crippen LogP contribution in [-0.4, -0.2) is 16.9 Å². The second-order valence-corrected chi connectivity index (χ2v) is 5.49. The Labute approximate surface area is 116 Å². The van der Waals surface area contributed by atoms with E-state index >= 15 is 0 Å². The van der Waals surface area contributed by atoms with Crippen molar-refractivity contribution in [3.63, 3.8) is 0 Å². The number of nitrogens with zero attached hydrogens (tertiary/aromatic N) is 1. The number of nitro benzene ring substituents is 1. The topological polar surface area (TPSA) is 84.3 Å². The maximum Gasteiger partial charge on any atom is 0.294 e. The zero-order valence-corrected chi connectivity index (χ0v) is 11.3. The number of fused-ring (bicyclic) bond motifs is 1. The van der Waals surface area contributed by atoms with Gasteiger partial charge in [-0.1, -0.05) is 13.3 Å². The summed E-state index contributed by atoms with van der Waals surface area (Å²) in [7, 11) is 0. The van der Waals surface area contributed by atoms with Crippen molar-refractivity contribution in [2.45, 2.75) is 38.6 Å². The van der Waals surface area contributed by atoms with Crippen LogP contribution in [0.25, 0.3) is 0 Å². The van der Waals surface area contributed by atoms with Crippen molar-refractivity contribution in [1.29, 1.82) is 0 Å². The van der Waals surface area contributed by atoms with Crippen LogP contribution in [0.15, 0.2) is 12.1 Å². The van der Waals surface area contributed by atoms with E-state index in [1.54, 1.807) is 0 Å². The average molecular weight is 275 g/mol. The Balaban J connectivity index is 1.91. The van der Waals surface area contributed by atoms with Gasteiger partial charge in [0.05, 0.1) is 10.6 Å². The number of hydrogen-bond donors (Lipinski definition) is 2. The molecular formula is C14H17N3O3. The fourth-order valence-corrected chi connectivity index (χ4v) is 2.76. The third-order valence-electron chi connectivity index (χ3n) is 4.10. The van der Waals surface area contributed by atoms with Crippen molar-refractivity contribution in [2.24, 2.45) is 5.92 Å². The summed E-state index contributed by atoms with van der Waals surface area (Å²) < 4.78 is 0. The molecule has 1 amide bonds. The molecule has 2 atom stereocenters. The van der Waals surface area contributed by atoms with Gasteiger partial charge in [-0.2, -0.15) is 0 Å². The second kappa shape index (κ2) is 4.77. The maximum absolute atomic E-state index is 11.4. The average Bonchev–Trinajstić information content (AvgIpc) is 3.16. The smallest absolute Gasteiger partial charge is 0.294 e. The number of amides is 1. The van der Waals surface area contributed by atoms with E-state index in [0.29, 0.717) is 36.2 Å². The van der Waals surface area contributed by atoms with Crippen molar-refractivity contribution < 1.29 is 9.72 Å². The minimum Gasteiger partial charge on any atom is -0.376 e. The maximum atomic E-state index is 11.4. The third kappa shape index (κ3) is 2.33. The van der Waals surface area contributed by atoms with Gasteiger partial charge < -0.3 is 10.6 Å². The third-order valence-corrected chi connectivity index (χ3v) is 4.10. The summed E-state index contributed by atoms with van der Waals surface area (Å²) in [5.74, 6) is 0.533. The van der Waals surface area contributed by atoms with Gasteiger partial charge >= 0.3 is 0 Å². The van der Waals surface area contributed by atoms with Gasteiger partial charge in [-0.15, -0.1) is 0 Å². The molecule has 2 N–H and O–H groups in total. The molecule has 1 saturated carbocycles. The lowest BCUT2D eigenvalue weighted by atomic mass is 10.0. The standard InChI is InChI=1S/C14H17N3O3/c1-2-8-5-10(8)15-12-6-9-3-4-14(18)16-11(9)7-13(12)17(19)20/h6-8,10,15H,2-5H2,1H3,(H,16,18). The first-order valence-corrected chi connectivity index (χ1v) is 6.96. The lowest BCUT2D eigenvalue weighted by molar-refractivity contribution is -0.383. The fraction of sp³-hybridized carbons (Fsp3) is 0.500. The van der Waals surface area contributed by atoms with Crippen LogP contribution in [0.4, 0.5) is 17.1 Å². The molecule has 0 bridgehead atoms. The molecule has 1 aliphatic heterocycles. The molecule has 0 aromatic heterocycles. The molecule has 1 heterocycles. The van der Waals surface area contributed by atoms with Crippen molar-refractivity contribution >= 4 is 23.0 Å². The Hall–Kier alpha value is -2.11.